The second-order valence-corrected chi connectivity index (χ2v) is 5.73. The first kappa shape index (κ1) is 13.8. The Balaban J connectivity index is 2.50. The first-order valence-electron chi connectivity index (χ1n) is 6.26. The van der Waals surface area contributed by atoms with Crippen LogP contribution in [0.2, 0.25) is 0 Å². The topological polar surface area (TPSA) is 0 Å². The average molecular weight is 283 g/mol. The van der Waals surface area contributed by atoms with Crippen LogP contribution in [0.4, 0.5) is 0 Å². The lowest BCUT2D eigenvalue weighted by molar-refractivity contribution is 0.515. The highest BCUT2D eigenvalue weighted by atomic mass is 79.9. The molecule has 0 nitrogen and oxygen atoms in total. The van der Waals surface area contributed by atoms with Crippen molar-refractivity contribution in [3.8, 4) is 0 Å². The monoisotopic (exact) mass is 282 g/mol. The summed E-state index contributed by atoms with van der Waals surface area (Å²) in [4.78, 5) is 0. The molecule has 0 aromatic heterocycles. The number of halogens is 1. The van der Waals surface area contributed by atoms with E-state index in [-0.39, 0.29) is 0 Å². The number of alkyl halides is 1. The Hall–Kier alpha value is -0.300. The van der Waals surface area contributed by atoms with Gasteiger partial charge in [-0.15, -0.1) is 0 Å². The Labute approximate surface area is 109 Å². The Bertz CT molecular complexity index is 287. The highest BCUT2D eigenvalue weighted by molar-refractivity contribution is 9.09. The smallest absolute Gasteiger partial charge is 0.0100 e. The van der Waals surface area contributed by atoms with Gasteiger partial charge in [0.1, 0.15) is 0 Å². The fraction of sp³-hybridized carbons (Fsp3) is 0.600. The van der Waals surface area contributed by atoms with Crippen molar-refractivity contribution in [2.24, 2.45) is 5.92 Å². The minimum absolute atomic E-state index is 0.680. The summed E-state index contributed by atoms with van der Waals surface area (Å²) in [6.45, 7) is 6.75. The number of hydrogen-bond donors (Lipinski definition) is 0. The molecule has 0 saturated heterocycles. The van der Waals surface area contributed by atoms with Crippen molar-refractivity contribution in [3.63, 3.8) is 0 Å². The predicted molar refractivity (Wildman–Crippen MR) is 76.4 cm³/mol. The van der Waals surface area contributed by atoms with Crippen LogP contribution in [0, 0.1) is 12.8 Å². The van der Waals surface area contributed by atoms with E-state index in [4.69, 9.17) is 0 Å². The molecule has 0 heterocycles. The molecular formula is C15H23Br. The molecule has 1 atom stereocenters. The van der Waals surface area contributed by atoms with Gasteiger partial charge in [0, 0.05) is 5.33 Å². The molecule has 0 aliphatic rings. The van der Waals surface area contributed by atoms with Crippen molar-refractivity contribution in [2.75, 3.05) is 5.33 Å². The second-order valence-electron chi connectivity index (χ2n) is 5.09. The average Bonchev–Trinajstić information content (AvgIpc) is 2.26. The maximum atomic E-state index is 3.64. The lowest BCUT2D eigenvalue weighted by Gasteiger charge is -2.15. The molecule has 1 heteroatoms. The van der Waals surface area contributed by atoms with Gasteiger partial charge in [0.2, 0.25) is 0 Å². The molecule has 1 aromatic carbocycles. The molecular weight excluding hydrogens is 260 g/mol. The Kier molecular flexibility index (Phi) is 6.12. The van der Waals surface area contributed by atoms with E-state index in [1.807, 2.05) is 0 Å². The predicted octanol–water partition coefficient (Wildman–Crippen LogP) is 5.30. The summed E-state index contributed by atoms with van der Waals surface area (Å²) in [6, 6.07) is 8.98. The highest BCUT2D eigenvalue weighted by Gasteiger charge is 2.09. The number of rotatable bonds is 6. The normalized spacial score (nSPS) is 13.1. The van der Waals surface area contributed by atoms with E-state index in [2.05, 4.69) is 61.0 Å². The zero-order valence-corrected chi connectivity index (χ0v) is 12.3. The van der Waals surface area contributed by atoms with Crippen LogP contribution in [0.15, 0.2) is 24.3 Å². The van der Waals surface area contributed by atoms with Crippen molar-refractivity contribution in [2.45, 2.75) is 46.0 Å². The van der Waals surface area contributed by atoms with Crippen LogP contribution < -0.4 is 0 Å². The molecule has 16 heavy (non-hydrogen) atoms. The Morgan fingerprint density at radius 3 is 2.19 bits per heavy atom. The summed E-state index contributed by atoms with van der Waals surface area (Å²) >= 11 is 3.64. The van der Waals surface area contributed by atoms with Crippen molar-refractivity contribution in [1.29, 1.82) is 0 Å². The van der Waals surface area contributed by atoms with E-state index in [0.717, 1.165) is 11.2 Å². The quantitative estimate of drug-likeness (QED) is 0.621. The molecule has 1 rings (SSSR count). The minimum Gasteiger partial charge on any atom is -0.0921 e. The molecule has 0 aliphatic carbocycles. The molecule has 0 fully saturated rings. The molecule has 0 saturated carbocycles. The summed E-state index contributed by atoms with van der Waals surface area (Å²) in [5, 5.41) is 1.08. The van der Waals surface area contributed by atoms with E-state index >= 15 is 0 Å². The number of hydrogen-bond acceptors (Lipinski definition) is 0. The van der Waals surface area contributed by atoms with Crippen LogP contribution in [0.1, 0.15) is 50.2 Å². The maximum absolute atomic E-state index is 3.64. The van der Waals surface area contributed by atoms with Gasteiger partial charge in [0.25, 0.3) is 0 Å². The maximum Gasteiger partial charge on any atom is 0.0100 e. The van der Waals surface area contributed by atoms with Crippen molar-refractivity contribution in [3.05, 3.63) is 35.4 Å². The molecule has 0 N–H and O–H groups in total. The van der Waals surface area contributed by atoms with Gasteiger partial charge in [0.15, 0.2) is 0 Å². The lowest BCUT2D eigenvalue weighted by atomic mass is 9.93. The van der Waals surface area contributed by atoms with Crippen LogP contribution >= 0.6 is 15.9 Å². The van der Waals surface area contributed by atoms with Crippen molar-refractivity contribution >= 4 is 15.9 Å². The molecule has 1 aromatic rings. The summed E-state index contributed by atoms with van der Waals surface area (Å²) in [5.41, 5.74) is 2.82. The van der Waals surface area contributed by atoms with Gasteiger partial charge < -0.3 is 0 Å². The third kappa shape index (κ3) is 4.69. The van der Waals surface area contributed by atoms with Crippen LogP contribution in [-0.4, -0.2) is 5.33 Å². The summed E-state index contributed by atoms with van der Waals surface area (Å²) in [6.07, 6.45) is 3.98. The molecule has 0 aliphatic heterocycles. The molecule has 1 unspecified atom stereocenters. The van der Waals surface area contributed by atoms with Crippen LogP contribution in [-0.2, 0) is 0 Å². The fourth-order valence-electron chi connectivity index (χ4n) is 1.94. The van der Waals surface area contributed by atoms with Crippen molar-refractivity contribution < 1.29 is 0 Å². The first-order valence-corrected chi connectivity index (χ1v) is 7.38. The Morgan fingerprint density at radius 1 is 1.06 bits per heavy atom. The minimum atomic E-state index is 0.680. The van der Waals surface area contributed by atoms with E-state index in [1.54, 1.807) is 0 Å². The zero-order valence-electron chi connectivity index (χ0n) is 10.7. The van der Waals surface area contributed by atoms with Gasteiger partial charge in [-0.3, -0.25) is 0 Å². The Morgan fingerprint density at radius 2 is 1.69 bits per heavy atom. The summed E-state index contributed by atoms with van der Waals surface area (Å²) < 4.78 is 0. The van der Waals surface area contributed by atoms with Gasteiger partial charge in [-0.25, -0.2) is 0 Å². The summed E-state index contributed by atoms with van der Waals surface area (Å²) in [5.74, 6) is 1.51. The number of benzene rings is 1. The SMILES string of the molecule is Cc1ccc(C(CBr)CCCC(C)C)cc1. The van der Waals surface area contributed by atoms with E-state index in [9.17, 15) is 0 Å². The molecule has 90 valence electrons. The third-order valence-corrected chi connectivity index (χ3v) is 3.85. The van der Waals surface area contributed by atoms with Gasteiger partial charge in [-0.05, 0) is 30.7 Å². The van der Waals surface area contributed by atoms with Crippen LogP contribution in [0.5, 0.6) is 0 Å². The molecule has 0 radical (unpaired) electrons. The van der Waals surface area contributed by atoms with Gasteiger partial charge in [-0.2, -0.15) is 0 Å². The van der Waals surface area contributed by atoms with Gasteiger partial charge in [0.05, 0.1) is 0 Å². The largest absolute Gasteiger partial charge is 0.0921 e. The first-order chi connectivity index (χ1) is 7.63. The summed E-state index contributed by atoms with van der Waals surface area (Å²) in [7, 11) is 0. The lowest BCUT2D eigenvalue weighted by Crippen LogP contribution is -2.01. The molecule has 0 amide bonds. The standard InChI is InChI=1S/C15H23Br/c1-12(2)5-4-6-15(11-16)14-9-7-13(3)8-10-14/h7-10,12,15H,4-6,11H2,1-3H3. The van der Waals surface area contributed by atoms with E-state index < -0.39 is 0 Å². The van der Waals surface area contributed by atoms with Crippen molar-refractivity contribution in [1.82, 2.24) is 0 Å². The van der Waals surface area contributed by atoms with E-state index in [1.165, 1.54) is 30.4 Å². The van der Waals surface area contributed by atoms with Gasteiger partial charge in [-0.1, -0.05) is 72.4 Å². The van der Waals surface area contributed by atoms with Gasteiger partial charge >= 0.3 is 0 Å². The molecule has 0 bridgehead atoms. The number of aryl methyl sites for hydroxylation is 1. The second kappa shape index (κ2) is 7.11. The van der Waals surface area contributed by atoms with Crippen LogP contribution in [0.3, 0.4) is 0 Å². The third-order valence-electron chi connectivity index (χ3n) is 3.07. The molecule has 0 spiro atoms. The fourth-order valence-corrected chi connectivity index (χ4v) is 2.64. The zero-order chi connectivity index (χ0) is 12.0. The van der Waals surface area contributed by atoms with Crippen LogP contribution in [0.25, 0.3) is 0 Å². The van der Waals surface area contributed by atoms with E-state index in [0.29, 0.717) is 5.92 Å². The highest BCUT2D eigenvalue weighted by Crippen LogP contribution is 2.25.